The van der Waals surface area contributed by atoms with Crippen molar-refractivity contribution in [2.45, 2.75) is 12.6 Å². The lowest BCUT2D eigenvalue weighted by Crippen LogP contribution is -2.31. The number of ether oxygens (including phenoxy) is 1. The second-order valence-corrected chi connectivity index (χ2v) is 6.34. The van der Waals surface area contributed by atoms with Gasteiger partial charge in [0.25, 0.3) is 5.91 Å². The molecule has 0 fully saturated rings. The second kappa shape index (κ2) is 8.31. The van der Waals surface area contributed by atoms with E-state index in [2.05, 4.69) is 5.10 Å². The van der Waals surface area contributed by atoms with Gasteiger partial charge in [0.1, 0.15) is 0 Å². The lowest BCUT2D eigenvalue weighted by Gasteiger charge is -2.20. The predicted octanol–water partition coefficient (Wildman–Crippen LogP) is 2.92. The molecular weight excluding hydrogens is 342 g/mol. The van der Waals surface area contributed by atoms with E-state index in [1.54, 1.807) is 49.2 Å². The minimum Gasteiger partial charge on any atom is -0.444 e. The molecule has 0 N–H and O–H groups in total. The first-order chi connectivity index (χ1) is 13.0. The van der Waals surface area contributed by atoms with Gasteiger partial charge in [-0.1, -0.05) is 60.7 Å². The van der Waals surface area contributed by atoms with Gasteiger partial charge in [-0.3, -0.25) is 9.48 Å². The second-order valence-electron chi connectivity index (χ2n) is 6.34. The molecule has 1 heterocycles. The van der Waals surface area contributed by atoms with Gasteiger partial charge in [-0.15, -0.1) is 0 Å². The Hall–Kier alpha value is -3.41. The van der Waals surface area contributed by atoms with Crippen LogP contribution in [-0.4, -0.2) is 40.7 Å². The standard InChI is InChI=1S/C21H21N3O3/c1-23(2)20(25)19(17-11-7-4-8-12-17)27-21(26)18-13-22-24(15-18)14-16-9-5-3-6-10-16/h3-13,15,19H,14H2,1-2H3/t19-/m0/s1. The van der Waals surface area contributed by atoms with Gasteiger partial charge in [0.2, 0.25) is 6.10 Å². The topological polar surface area (TPSA) is 64.4 Å². The molecule has 1 aromatic heterocycles. The summed E-state index contributed by atoms with van der Waals surface area (Å²) in [5.74, 6) is -0.885. The zero-order valence-corrected chi connectivity index (χ0v) is 15.3. The number of amides is 1. The molecule has 0 aliphatic rings. The lowest BCUT2D eigenvalue weighted by atomic mass is 10.1. The van der Waals surface area contributed by atoms with Gasteiger partial charge in [0, 0.05) is 25.9 Å². The molecule has 138 valence electrons. The largest absolute Gasteiger partial charge is 0.444 e. The fourth-order valence-corrected chi connectivity index (χ4v) is 2.62. The molecule has 0 aliphatic carbocycles. The van der Waals surface area contributed by atoms with Gasteiger partial charge in [0.15, 0.2) is 0 Å². The monoisotopic (exact) mass is 363 g/mol. The Morgan fingerprint density at radius 3 is 2.30 bits per heavy atom. The molecule has 1 atom stereocenters. The van der Waals surface area contributed by atoms with Crippen molar-refractivity contribution >= 4 is 11.9 Å². The summed E-state index contributed by atoms with van der Waals surface area (Å²) in [6.45, 7) is 0.548. The zero-order chi connectivity index (χ0) is 19.2. The number of nitrogens with zero attached hydrogens (tertiary/aromatic N) is 3. The number of carbonyl (C=O) groups excluding carboxylic acids is 2. The Balaban J connectivity index is 1.75. The van der Waals surface area contributed by atoms with Crippen molar-refractivity contribution in [3.63, 3.8) is 0 Å². The van der Waals surface area contributed by atoms with Crippen molar-refractivity contribution in [3.05, 3.63) is 89.7 Å². The number of likely N-dealkylation sites (N-methyl/N-ethyl adjacent to an activating group) is 1. The molecule has 0 saturated carbocycles. The molecule has 1 amide bonds. The average molecular weight is 363 g/mol. The SMILES string of the molecule is CN(C)C(=O)[C@@H](OC(=O)c1cnn(Cc2ccccc2)c1)c1ccccc1. The number of hydrogen-bond acceptors (Lipinski definition) is 4. The van der Waals surface area contributed by atoms with E-state index in [1.165, 1.54) is 11.1 Å². The van der Waals surface area contributed by atoms with Crippen LogP contribution in [0, 0.1) is 0 Å². The molecule has 27 heavy (non-hydrogen) atoms. The summed E-state index contributed by atoms with van der Waals surface area (Å²) >= 11 is 0. The molecule has 0 radical (unpaired) electrons. The third-order valence-electron chi connectivity index (χ3n) is 4.05. The third kappa shape index (κ3) is 4.61. The molecule has 2 aromatic carbocycles. The predicted molar refractivity (Wildman–Crippen MR) is 101 cm³/mol. The highest BCUT2D eigenvalue weighted by Crippen LogP contribution is 2.21. The Kier molecular flexibility index (Phi) is 5.66. The van der Waals surface area contributed by atoms with Crippen molar-refractivity contribution in [3.8, 4) is 0 Å². The molecule has 6 heteroatoms. The number of aromatic nitrogens is 2. The zero-order valence-electron chi connectivity index (χ0n) is 15.3. The van der Waals surface area contributed by atoms with Gasteiger partial charge < -0.3 is 9.64 Å². The van der Waals surface area contributed by atoms with Gasteiger partial charge in [0.05, 0.1) is 18.3 Å². The Bertz CT molecular complexity index is 905. The maximum atomic E-state index is 12.6. The first kappa shape index (κ1) is 18.4. The summed E-state index contributed by atoms with van der Waals surface area (Å²) < 4.78 is 7.19. The quantitative estimate of drug-likeness (QED) is 0.632. The summed E-state index contributed by atoms with van der Waals surface area (Å²) in [6, 6.07) is 18.8. The van der Waals surface area contributed by atoms with Crippen LogP contribution in [0.4, 0.5) is 0 Å². The van der Waals surface area contributed by atoms with Gasteiger partial charge in [-0.05, 0) is 5.56 Å². The maximum Gasteiger partial charge on any atom is 0.342 e. The average Bonchev–Trinajstić information content (AvgIpc) is 3.15. The minimum absolute atomic E-state index is 0.300. The highest BCUT2D eigenvalue weighted by atomic mass is 16.5. The van der Waals surface area contributed by atoms with Gasteiger partial charge >= 0.3 is 5.97 Å². The van der Waals surface area contributed by atoms with E-state index >= 15 is 0 Å². The van der Waals surface area contributed by atoms with Crippen molar-refractivity contribution in [2.24, 2.45) is 0 Å². The smallest absolute Gasteiger partial charge is 0.342 e. The molecule has 3 rings (SSSR count). The number of rotatable bonds is 6. The molecule has 0 saturated heterocycles. The highest BCUT2D eigenvalue weighted by Gasteiger charge is 2.27. The summed E-state index contributed by atoms with van der Waals surface area (Å²) in [4.78, 5) is 26.5. The van der Waals surface area contributed by atoms with Gasteiger partial charge in [-0.25, -0.2) is 4.79 Å². The van der Waals surface area contributed by atoms with Crippen LogP contribution < -0.4 is 0 Å². The van der Waals surface area contributed by atoms with Crippen molar-refractivity contribution in [1.82, 2.24) is 14.7 Å². The highest BCUT2D eigenvalue weighted by molar-refractivity contribution is 5.92. The van der Waals surface area contributed by atoms with Gasteiger partial charge in [-0.2, -0.15) is 5.10 Å². The van der Waals surface area contributed by atoms with E-state index in [0.29, 0.717) is 17.7 Å². The minimum atomic E-state index is -0.994. The molecule has 0 unspecified atom stereocenters. The molecule has 0 bridgehead atoms. The van der Waals surface area contributed by atoms with E-state index < -0.39 is 12.1 Å². The molecular formula is C21H21N3O3. The Morgan fingerprint density at radius 2 is 1.67 bits per heavy atom. The van der Waals surface area contributed by atoms with Crippen LogP contribution in [0.15, 0.2) is 73.1 Å². The van der Waals surface area contributed by atoms with E-state index in [4.69, 9.17) is 4.74 Å². The summed E-state index contributed by atoms with van der Waals surface area (Å²) in [7, 11) is 3.26. The number of esters is 1. The Morgan fingerprint density at radius 1 is 1.04 bits per heavy atom. The van der Waals surface area contributed by atoms with E-state index in [1.807, 2.05) is 36.4 Å². The first-order valence-corrected chi connectivity index (χ1v) is 8.58. The molecule has 6 nitrogen and oxygen atoms in total. The lowest BCUT2D eigenvalue weighted by molar-refractivity contribution is -0.138. The summed E-state index contributed by atoms with van der Waals surface area (Å²) in [5.41, 5.74) is 2.00. The normalized spacial score (nSPS) is 11.6. The summed E-state index contributed by atoms with van der Waals surface area (Å²) in [5, 5.41) is 4.21. The van der Waals surface area contributed by atoms with E-state index in [0.717, 1.165) is 5.56 Å². The van der Waals surface area contributed by atoms with E-state index in [-0.39, 0.29) is 5.91 Å². The first-order valence-electron chi connectivity index (χ1n) is 8.58. The number of carbonyl (C=O) groups is 2. The fraction of sp³-hybridized carbons (Fsp3) is 0.190. The molecule has 0 aliphatic heterocycles. The van der Waals surface area contributed by atoms with Crippen LogP contribution in [-0.2, 0) is 16.1 Å². The number of hydrogen-bond donors (Lipinski definition) is 0. The van der Waals surface area contributed by atoms with Crippen LogP contribution in [0.1, 0.15) is 27.6 Å². The molecule has 0 spiro atoms. The number of benzene rings is 2. The van der Waals surface area contributed by atoms with Crippen molar-refractivity contribution in [1.29, 1.82) is 0 Å². The maximum absolute atomic E-state index is 12.6. The Labute approximate surface area is 158 Å². The van der Waals surface area contributed by atoms with Crippen LogP contribution in [0.5, 0.6) is 0 Å². The van der Waals surface area contributed by atoms with Crippen LogP contribution in [0.3, 0.4) is 0 Å². The fourth-order valence-electron chi connectivity index (χ4n) is 2.62. The summed E-state index contributed by atoms with van der Waals surface area (Å²) in [6.07, 6.45) is 2.08. The third-order valence-corrected chi connectivity index (χ3v) is 4.05. The molecule has 3 aromatic rings. The van der Waals surface area contributed by atoms with Crippen molar-refractivity contribution < 1.29 is 14.3 Å². The van der Waals surface area contributed by atoms with Crippen LogP contribution in [0.2, 0.25) is 0 Å². The van der Waals surface area contributed by atoms with E-state index in [9.17, 15) is 9.59 Å². The van der Waals surface area contributed by atoms with Crippen LogP contribution in [0.25, 0.3) is 0 Å². The van der Waals surface area contributed by atoms with Crippen LogP contribution >= 0.6 is 0 Å². The van der Waals surface area contributed by atoms with Crippen molar-refractivity contribution in [2.75, 3.05) is 14.1 Å².